The predicted octanol–water partition coefficient (Wildman–Crippen LogP) is 3.12. The van der Waals surface area contributed by atoms with Crippen LogP contribution in [-0.4, -0.2) is 18.0 Å². The zero-order chi connectivity index (χ0) is 7.30. The van der Waals surface area contributed by atoms with E-state index < -0.39 is 0 Å². The monoisotopic (exact) mass is 174 g/mol. The van der Waals surface area contributed by atoms with E-state index in [1.807, 2.05) is 0 Å². The summed E-state index contributed by atoms with van der Waals surface area (Å²) >= 11 is 0. The highest BCUT2D eigenvalue weighted by Crippen LogP contribution is 2.78. The van der Waals surface area contributed by atoms with Crippen molar-refractivity contribution in [3.63, 3.8) is 0 Å². The van der Waals surface area contributed by atoms with Crippen LogP contribution < -0.4 is 0 Å². The molecule has 1 saturated carbocycles. The third kappa shape index (κ3) is 0.886. The molecule has 0 N–H and O–H groups in total. The van der Waals surface area contributed by atoms with E-state index in [1.165, 1.54) is 26.0 Å². The Labute approximate surface area is 66.6 Å². The molecule has 2 rings (SSSR count). The normalized spacial score (nSPS) is 62.1. The molecule has 2 fully saturated rings. The van der Waals surface area contributed by atoms with Gasteiger partial charge in [0, 0.05) is 0 Å². The Balaban J connectivity index is 2.09. The molecular formula is C8H16P2. The average Bonchev–Trinajstić information content (AvgIpc) is 2.01. The minimum absolute atomic E-state index is 0.504. The van der Waals surface area contributed by atoms with E-state index in [1.54, 1.807) is 0 Å². The van der Waals surface area contributed by atoms with Crippen LogP contribution in [0.3, 0.4) is 0 Å². The van der Waals surface area contributed by atoms with Gasteiger partial charge >= 0.3 is 0 Å². The van der Waals surface area contributed by atoms with Gasteiger partial charge in [-0.25, -0.2) is 0 Å². The Morgan fingerprint density at radius 1 is 1.30 bits per heavy atom. The van der Waals surface area contributed by atoms with Gasteiger partial charge in [-0.3, -0.25) is 0 Å². The van der Waals surface area contributed by atoms with Gasteiger partial charge in [-0.15, -0.1) is 0 Å². The summed E-state index contributed by atoms with van der Waals surface area (Å²) in [5, 5.41) is 0. The van der Waals surface area contributed by atoms with Crippen LogP contribution in [0.5, 0.6) is 0 Å². The summed E-state index contributed by atoms with van der Waals surface area (Å²) < 4.78 is 0. The molecule has 0 aromatic carbocycles. The first-order chi connectivity index (χ1) is 4.70. The summed E-state index contributed by atoms with van der Waals surface area (Å²) in [7, 11) is 1.86. The maximum atomic E-state index is 2.50. The van der Waals surface area contributed by atoms with Crippen LogP contribution in [0.1, 0.15) is 20.3 Å². The highest BCUT2D eigenvalue weighted by atomic mass is 32.1. The first-order valence-corrected chi connectivity index (χ1v) is 7.97. The predicted molar refractivity (Wildman–Crippen MR) is 51.7 cm³/mol. The van der Waals surface area contributed by atoms with E-state index >= 15 is 0 Å². The summed E-state index contributed by atoms with van der Waals surface area (Å²) in [5.41, 5.74) is 2.36. The van der Waals surface area contributed by atoms with Crippen LogP contribution in [0.25, 0.3) is 0 Å². The summed E-state index contributed by atoms with van der Waals surface area (Å²) in [6, 6.07) is 0. The molecule has 0 bridgehead atoms. The summed E-state index contributed by atoms with van der Waals surface area (Å²) in [6.45, 7) is 7.42. The second-order valence-corrected chi connectivity index (χ2v) is 9.58. The van der Waals surface area contributed by atoms with Gasteiger partial charge in [0.05, 0.1) is 0 Å². The standard InChI is InChI=1S/C8H16P2/c1-5-4-6(2)8-7(5)9-10(8)3/h5-9H,4H2,1-3H3. The van der Waals surface area contributed by atoms with Gasteiger partial charge < -0.3 is 0 Å². The molecule has 1 saturated heterocycles. The molecule has 0 nitrogen and oxygen atoms in total. The summed E-state index contributed by atoms with van der Waals surface area (Å²) in [5.74, 6) is 2.13. The van der Waals surface area contributed by atoms with Crippen molar-refractivity contribution in [2.75, 3.05) is 6.66 Å². The quantitative estimate of drug-likeness (QED) is 0.495. The van der Waals surface area contributed by atoms with Crippen LogP contribution in [0.4, 0.5) is 0 Å². The van der Waals surface area contributed by atoms with E-state index in [-0.39, 0.29) is 0 Å². The molecule has 0 amide bonds. The van der Waals surface area contributed by atoms with Crippen molar-refractivity contribution >= 4 is 15.9 Å². The van der Waals surface area contributed by atoms with Crippen LogP contribution in [-0.2, 0) is 0 Å². The molecule has 1 aliphatic heterocycles. The molecule has 1 heterocycles. The minimum atomic E-state index is 0.504. The number of fused-ring (bicyclic) bond motifs is 1. The first-order valence-electron chi connectivity index (χ1n) is 4.19. The second-order valence-electron chi connectivity index (χ2n) is 3.95. The van der Waals surface area contributed by atoms with Crippen LogP contribution in [0.2, 0.25) is 0 Å². The van der Waals surface area contributed by atoms with Crippen molar-refractivity contribution in [1.29, 1.82) is 0 Å². The smallest absolute Gasteiger partial charge is 0.00783 e. The van der Waals surface area contributed by atoms with Gasteiger partial charge in [-0.2, -0.15) is 0 Å². The lowest BCUT2D eigenvalue weighted by Gasteiger charge is -2.42. The van der Waals surface area contributed by atoms with Gasteiger partial charge in [0.2, 0.25) is 0 Å². The largest absolute Gasteiger partial charge is 0.0919 e. The van der Waals surface area contributed by atoms with Crippen molar-refractivity contribution in [2.24, 2.45) is 11.8 Å². The zero-order valence-corrected chi connectivity index (χ0v) is 8.86. The summed E-state index contributed by atoms with van der Waals surface area (Å²) in [4.78, 5) is 0. The lowest BCUT2D eigenvalue weighted by Crippen LogP contribution is -2.27. The van der Waals surface area contributed by atoms with E-state index in [0.29, 0.717) is 7.61 Å². The first kappa shape index (κ1) is 7.51. The fraction of sp³-hybridized carbons (Fsp3) is 1.00. The van der Waals surface area contributed by atoms with Crippen molar-refractivity contribution in [3.8, 4) is 0 Å². The fourth-order valence-corrected chi connectivity index (χ4v) is 9.99. The van der Waals surface area contributed by atoms with Crippen molar-refractivity contribution < 1.29 is 0 Å². The van der Waals surface area contributed by atoms with E-state index in [9.17, 15) is 0 Å². The molecule has 6 atom stereocenters. The molecule has 2 heteroatoms. The highest BCUT2D eigenvalue weighted by molar-refractivity contribution is 8.25. The van der Waals surface area contributed by atoms with Gasteiger partial charge in [-0.05, 0) is 36.2 Å². The van der Waals surface area contributed by atoms with Gasteiger partial charge in [0.25, 0.3) is 0 Å². The Kier molecular flexibility index (Phi) is 1.82. The van der Waals surface area contributed by atoms with Crippen molar-refractivity contribution in [3.05, 3.63) is 0 Å². The maximum Gasteiger partial charge on any atom is -0.00783 e. The molecule has 0 spiro atoms. The van der Waals surface area contributed by atoms with Crippen LogP contribution >= 0.6 is 15.9 Å². The Hall–Kier alpha value is 0.860. The lowest BCUT2D eigenvalue weighted by atomic mass is 10.1. The van der Waals surface area contributed by atoms with Crippen LogP contribution in [0.15, 0.2) is 0 Å². The minimum Gasteiger partial charge on any atom is -0.0919 e. The zero-order valence-electron chi connectivity index (χ0n) is 6.96. The third-order valence-electron chi connectivity index (χ3n) is 3.11. The molecule has 0 aromatic heterocycles. The number of rotatable bonds is 0. The highest BCUT2D eigenvalue weighted by Gasteiger charge is 2.49. The fourth-order valence-electron chi connectivity index (χ4n) is 2.63. The molecular weight excluding hydrogens is 158 g/mol. The van der Waals surface area contributed by atoms with Gasteiger partial charge in [-0.1, -0.05) is 29.7 Å². The van der Waals surface area contributed by atoms with Crippen LogP contribution in [0, 0.1) is 11.8 Å². The molecule has 0 radical (unpaired) electrons. The van der Waals surface area contributed by atoms with E-state index in [4.69, 9.17) is 0 Å². The molecule has 58 valence electrons. The Morgan fingerprint density at radius 3 is 2.40 bits per heavy atom. The maximum absolute atomic E-state index is 2.50. The summed E-state index contributed by atoms with van der Waals surface area (Å²) in [6.07, 6.45) is 1.52. The lowest BCUT2D eigenvalue weighted by molar-refractivity contribution is 0.561. The van der Waals surface area contributed by atoms with Gasteiger partial charge in [0.15, 0.2) is 0 Å². The number of hydrogen-bond acceptors (Lipinski definition) is 0. The molecule has 1 aliphatic carbocycles. The third-order valence-corrected chi connectivity index (χ3v) is 9.76. The SMILES string of the molecule is CC1CC(C)C2C1PP2C. The number of hydrogen-bond donors (Lipinski definition) is 0. The van der Waals surface area contributed by atoms with Gasteiger partial charge in [0.1, 0.15) is 0 Å². The van der Waals surface area contributed by atoms with Crippen molar-refractivity contribution in [1.82, 2.24) is 0 Å². The molecule has 0 aromatic rings. The van der Waals surface area contributed by atoms with E-state index in [2.05, 4.69) is 20.5 Å². The Bertz CT molecular complexity index is 146. The van der Waals surface area contributed by atoms with Crippen molar-refractivity contribution in [2.45, 2.75) is 31.6 Å². The average molecular weight is 174 g/mol. The van der Waals surface area contributed by atoms with E-state index in [0.717, 1.165) is 11.8 Å². The second kappa shape index (κ2) is 2.43. The molecule has 10 heavy (non-hydrogen) atoms. The molecule has 6 unspecified atom stereocenters. The topological polar surface area (TPSA) is 0 Å². The Morgan fingerprint density at radius 2 is 2.00 bits per heavy atom. The molecule has 2 aliphatic rings.